The molecule has 4 N–H and O–H groups in total. The highest BCUT2D eigenvalue weighted by molar-refractivity contribution is 5.81. The van der Waals surface area contributed by atoms with Crippen LogP contribution in [-0.2, 0) is 4.74 Å². The lowest BCUT2D eigenvalue weighted by Crippen LogP contribution is -2.33. The normalized spacial score (nSPS) is 21.9. The minimum absolute atomic E-state index is 0.0285. The first-order chi connectivity index (χ1) is 16.0. The predicted octanol–water partition coefficient (Wildman–Crippen LogP) is 4.63. The van der Waals surface area contributed by atoms with Crippen molar-refractivity contribution in [2.24, 2.45) is 5.73 Å². The zero-order chi connectivity index (χ0) is 22.9. The molecule has 3 heterocycles. The van der Waals surface area contributed by atoms with Crippen molar-refractivity contribution in [2.45, 2.75) is 56.7 Å². The van der Waals surface area contributed by atoms with Gasteiger partial charge in [-0.15, -0.1) is 0 Å². The van der Waals surface area contributed by atoms with Gasteiger partial charge >= 0.3 is 0 Å². The number of anilines is 3. The Morgan fingerprint density at radius 1 is 0.970 bits per heavy atom. The fourth-order valence-electron chi connectivity index (χ4n) is 4.72. The second-order valence-corrected chi connectivity index (χ2v) is 8.83. The van der Waals surface area contributed by atoms with Crippen LogP contribution in [0.25, 0.3) is 11.0 Å². The summed E-state index contributed by atoms with van der Waals surface area (Å²) in [6.07, 6.45) is 7.04. The average molecular weight is 461 g/mol. The molecule has 3 aromatic rings. The van der Waals surface area contributed by atoms with Crippen molar-refractivity contribution in [1.82, 2.24) is 14.5 Å². The van der Waals surface area contributed by atoms with Gasteiger partial charge in [0.2, 0.25) is 5.95 Å². The highest BCUT2D eigenvalue weighted by Crippen LogP contribution is 2.34. The van der Waals surface area contributed by atoms with Crippen LogP contribution in [0.5, 0.6) is 0 Å². The van der Waals surface area contributed by atoms with Gasteiger partial charge in [-0.3, -0.25) is 0 Å². The fraction of sp³-hybridized carbons (Fsp3) is 0.478. The van der Waals surface area contributed by atoms with Gasteiger partial charge in [-0.25, -0.2) is 23.1 Å². The van der Waals surface area contributed by atoms with Crippen molar-refractivity contribution in [3.05, 3.63) is 41.8 Å². The number of rotatable bonds is 5. The number of hydrogen-bond donors (Lipinski definition) is 3. The predicted molar refractivity (Wildman–Crippen MR) is 120 cm³/mol. The number of hydrogen-bond acceptors (Lipinski definition) is 6. The van der Waals surface area contributed by atoms with Crippen LogP contribution >= 0.6 is 0 Å². The number of nitrogens with one attached hydrogen (secondary N) is 2. The molecule has 0 spiro atoms. The highest BCUT2D eigenvalue weighted by atomic mass is 19.1. The number of nitrogens with two attached hydrogens (primary N) is 1. The van der Waals surface area contributed by atoms with Gasteiger partial charge in [-0.2, -0.15) is 0 Å². The molecule has 10 heteroatoms. The second kappa shape index (κ2) is 9.18. The van der Waals surface area contributed by atoms with Crippen LogP contribution < -0.4 is 16.4 Å². The summed E-state index contributed by atoms with van der Waals surface area (Å²) in [5, 5.41) is 6.25. The van der Waals surface area contributed by atoms with Crippen LogP contribution in [0.15, 0.2) is 24.4 Å². The third-order valence-electron chi connectivity index (χ3n) is 6.50. The van der Waals surface area contributed by atoms with Crippen molar-refractivity contribution in [3.63, 3.8) is 0 Å². The summed E-state index contributed by atoms with van der Waals surface area (Å²) in [7, 11) is 0. The maximum absolute atomic E-state index is 14.3. The highest BCUT2D eigenvalue weighted by Gasteiger charge is 2.25. The van der Waals surface area contributed by atoms with E-state index in [-0.39, 0.29) is 18.0 Å². The molecule has 7 nitrogen and oxygen atoms in total. The standard InChI is InChI=1S/C23H27F3N6O/c24-13-9-17(25)22(18(26)10-13)31-23-30-19-12-28-21(29-15-3-1-14(27)2-4-15)11-20(19)32(23)16-5-7-33-8-6-16/h9-12,14-16H,1-8,27H2,(H,28,29)(H,30,31). The third-order valence-corrected chi connectivity index (χ3v) is 6.50. The first-order valence-corrected chi connectivity index (χ1v) is 11.4. The lowest BCUT2D eigenvalue weighted by atomic mass is 9.92. The molecule has 0 unspecified atom stereocenters. The molecular formula is C23H27F3N6O. The SMILES string of the molecule is NC1CCC(Nc2cc3c(cn2)nc(Nc2c(F)cc(F)cc2F)n3C2CCOCC2)CC1. The third kappa shape index (κ3) is 4.63. The Balaban J connectivity index is 1.51. The van der Waals surface area contributed by atoms with E-state index in [9.17, 15) is 13.2 Å². The van der Waals surface area contributed by atoms with Crippen LogP contribution in [-0.4, -0.2) is 39.8 Å². The fourth-order valence-corrected chi connectivity index (χ4v) is 4.72. The largest absolute Gasteiger partial charge is 0.381 e. The van der Waals surface area contributed by atoms with Gasteiger partial charge in [0.1, 0.15) is 22.8 Å². The lowest BCUT2D eigenvalue weighted by Gasteiger charge is -2.27. The molecule has 1 aliphatic heterocycles. The number of aromatic nitrogens is 3. The molecule has 1 saturated carbocycles. The summed E-state index contributed by atoms with van der Waals surface area (Å²) in [5.41, 5.74) is 6.98. The molecule has 1 aromatic carbocycles. The summed E-state index contributed by atoms with van der Waals surface area (Å²) in [4.78, 5) is 9.07. The molecule has 1 saturated heterocycles. The zero-order valence-electron chi connectivity index (χ0n) is 18.2. The van der Waals surface area contributed by atoms with Gasteiger partial charge in [-0.05, 0) is 38.5 Å². The Bertz CT molecular complexity index is 1120. The van der Waals surface area contributed by atoms with Gasteiger partial charge in [-0.1, -0.05) is 0 Å². The summed E-state index contributed by atoms with van der Waals surface area (Å²) in [5.74, 6) is -2.01. The van der Waals surface area contributed by atoms with Gasteiger partial charge in [0.15, 0.2) is 11.6 Å². The van der Waals surface area contributed by atoms with Crippen molar-refractivity contribution in [1.29, 1.82) is 0 Å². The molecule has 0 atom stereocenters. The number of ether oxygens (including phenoxy) is 1. The Morgan fingerprint density at radius 3 is 2.36 bits per heavy atom. The number of benzene rings is 1. The average Bonchev–Trinajstić information content (AvgIpc) is 3.15. The van der Waals surface area contributed by atoms with Crippen LogP contribution in [0, 0.1) is 17.5 Å². The quantitative estimate of drug-likeness (QED) is 0.515. The summed E-state index contributed by atoms with van der Waals surface area (Å²) in [6, 6.07) is 3.80. The van der Waals surface area contributed by atoms with E-state index in [4.69, 9.17) is 10.5 Å². The van der Waals surface area contributed by atoms with E-state index in [2.05, 4.69) is 20.6 Å². The molecule has 2 fully saturated rings. The molecule has 0 radical (unpaired) electrons. The smallest absolute Gasteiger partial charge is 0.208 e. The minimum Gasteiger partial charge on any atom is -0.381 e. The van der Waals surface area contributed by atoms with Gasteiger partial charge in [0.25, 0.3) is 0 Å². The van der Waals surface area contributed by atoms with E-state index in [1.54, 1.807) is 6.20 Å². The first-order valence-electron chi connectivity index (χ1n) is 11.4. The molecule has 2 aliphatic rings. The van der Waals surface area contributed by atoms with Crippen molar-refractivity contribution < 1.29 is 17.9 Å². The lowest BCUT2D eigenvalue weighted by molar-refractivity contribution is 0.0711. The number of nitrogens with zero attached hydrogens (tertiary/aromatic N) is 3. The van der Waals surface area contributed by atoms with E-state index >= 15 is 0 Å². The molecule has 0 bridgehead atoms. The molecule has 33 heavy (non-hydrogen) atoms. The Hall–Kier alpha value is -2.85. The number of fused-ring (bicyclic) bond motifs is 1. The minimum atomic E-state index is -1.02. The summed E-state index contributed by atoms with van der Waals surface area (Å²) in [6.45, 7) is 1.17. The molecule has 5 rings (SSSR count). The zero-order valence-corrected chi connectivity index (χ0v) is 18.2. The maximum Gasteiger partial charge on any atom is 0.208 e. The number of halogens is 3. The molecule has 0 amide bonds. The maximum atomic E-state index is 14.3. The number of pyridine rings is 1. The van der Waals surface area contributed by atoms with Crippen molar-refractivity contribution >= 4 is 28.5 Å². The van der Waals surface area contributed by atoms with Crippen molar-refractivity contribution in [3.8, 4) is 0 Å². The topological polar surface area (TPSA) is 90.0 Å². The van der Waals surface area contributed by atoms with E-state index in [0.717, 1.165) is 49.9 Å². The van der Waals surface area contributed by atoms with E-state index in [1.807, 2.05) is 10.6 Å². The van der Waals surface area contributed by atoms with Gasteiger partial charge in [0, 0.05) is 49.5 Å². The Labute approximate surface area is 189 Å². The van der Waals surface area contributed by atoms with E-state index < -0.39 is 23.1 Å². The Morgan fingerprint density at radius 2 is 1.67 bits per heavy atom. The molecule has 2 aromatic heterocycles. The van der Waals surface area contributed by atoms with Gasteiger partial charge in [0.05, 0.1) is 11.7 Å². The molecular weight excluding hydrogens is 433 g/mol. The van der Waals surface area contributed by atoms with Crippen LogP contribution in [0.3, 0.4) is 0 Å². The second-order valence-electron chi connectivity index (χ2n) is 8.83. The summed E-state index contributed by atoms with van der Waals surface area (Å²) >= 11 is 0. The Kier molecular flexibility index (Phi) is 6.11. The monoisotopic (exact) mass is 460 g/mol. The van der Waals surface area contributed by atoms with Crippen molar-refractivity contribution in [2.75, 3.05) is 23.8 Å². The number of imidazole rings is 1. The molecule has 1 aliphatic carbocycles. The van der Waals surface area contributed by atoms with Crippen LogP contribution in [0.1, 0.15) is 44.6 Å². The van der Waals surface area contributed by atoms with Gasteiger partial charge < -0.3 is 25.7 Å². The molecule has 176 valence electrons. The van der Waals surface area contributed by atoms with E-state index in [0.29, 0.717) is 36.9 Å². The first kappa shape index (κ1) is 22.0. The van der Waals surface area contributed by atoms with Crippen LogP contribution in [0.4, 0.5) is 30.6 Å². The summed E-state index contributed by atoms with van der Waals surface area (Å²) < 4.78 is 49.5. The van der Waals surface area contributed by atoms with E-state index in [1.165, 1.54) is 0 Å². The van der Waals surface area contributed by atoms with Crippen LogP contribution in [0.2, 0.25) is 0 Å².